The average molecular weight is 229 g/mol. The summed E-state index contributed by atoms with van der Waals surface area (Å²) in [6.45, 7) is 12.9. The lowest BCUT2D eigenvalue weighted by atomic mass is 9.89. The highest BCUT2D eigenvalue weighted by Gasteiger charge is 2.19. The second-order valence-corrected chi connectivity index (χ2v) is 5.16. The maximum Gasteiger partial charge on any atom is 0.0431 e. The van der Waals surface area contributed by atoms with E-state index < -0.39 is 0 Å². The molecule has 1 aromatic rings. The van der Waals surface area contributed by atoms with Gasteiger partial charge in [0.1, 0.15) is 0 Å². The second kappa shape index (κ2) is 4.95. The first kappa shape index (κ1) is 12.2. The van der Waals surface area contributed by atoms with Crippen molar-refractivity contribution in [3.8, 4) is 0 Å². The highest BCUT2D eigenvalue weighted by Crippen LogP contribution is 2.27. The van der Waals surface area contributed by atoms with E-state index in [1.165, 1.54) is 30.5 Å². The van der Waals surface area contributed by atoms with Crippen molar-refractivity contribution in [2.75, 3.05) is 6.54 Å². The zero-order valence-electron chi connectivity index (χ0n) is 11.3. The Hall–Kier alpha value is -1.24. The Bertz CT molecular complexity index is 431. The summed E-state index contributed by atoms with van der Waals surface area (Å²) in [5.41, 5.74) is 7.35. The van der Waals surface area contributed by atoms with Crippen LogP contribution in [0.5, 0.6) is 0 Å². The molecule has 92 valence electrons. The monoisotopic (exact) mass is 229 g/mol. The van der Waals surface area contributed by atoms with Gasteiger partial charge in [0.2, 0.25) is 0 Å². The van der Waals surface area contributed by atoms with Crippen molar-refractivity contribution < 1.29 is 0 Å². The Morgan fingerprint density at radius 2 is 2.18 bits per heavy atom. The summed E-state index contributed by atoms with van der Waals surface area (Å²) in [6, 6.07) is 4.61. The smallest absolute Gasteiger partial charge is 0.0431 e. The van der Waals surface area contributed by atoms with Gasteiger partial charge < -0.3 is 4.90 Å². The maximum absolute atomic E-state index is 4.08. The predicted octanol–water partition coefficient (Wildman–Crippen LogP) is 3.84. The standard InChI is InChI=1S/C16H23N/c1-5-6-15-13(4)7-8-14-9-10-17(12(2)3)11-16(14)15/h7-8H,2,5-6,9-11H2,1,3-4H3. The van der Waals surface area contributed by atoms with Crippen LogP contribution in [0, 0.1) is 6.92 Å². The van der Waals surface area contributed by atoms with Crippen molar-refractivity contribution in [1.82, 2.24) is 4.90 Å². The van der Waals surface area contributed by atoms with E-state index in [9.17, 15) is 0 Å². The maximum atomic E-state index is 4.08. The summed E-state index contributed by atoms with van der Waals surface area (Å²) >= 11 is 0. The van der Waals surface area contributed by atoms with E-state index in [2.05, 4.69) is 44.4 Å². The van der Waals surface area contributed by atoms with Gasteiger partial charge in [0, 0.05) is 18.8 Å². The summed E-state index contributed by atoms with van der Waals surface area (Å²) in [5.74, 6) is 0. The van der Waals surface area contributed by atoms with Crippen molar-refractivity contribution in [3.63, 3.8) is 0 Å². The van der Waals surface area contributed by atoms with Crippen molar-refractivity contribution in [2.45, 2.75) is 46.6 Å². The van der Waals surface area contributed by atoms with Crippen LogP contribution in [0.15, 0.2) is 24.4 Å². The molecule has 1 nitrogen and oxygen atoms in total. The Morgan fingerprint density at radius 1 is 1.41 bits per heavy atom. The van der Waals surface area contributed by atoms with Gasteiger partial charge in [-0.15, -0.1) is 0 Å². The Labute approximate surface area is 105 Å². The molecule has 0 fully saturated rings. The van der Waals surface area contributed by atoms with E-state index in [1.54, 1.807) is 16.7 Å². The zero-order valence-corrected chi connectivity index (χ0v) is 11.3. The normalized spacial score (nSPS) is 14.6. The first-order chi connectivity index (χ1) is 8.13. The third-order valence-electron chi connectivity index (χ3n) is 3.80. The lowest BCUT2D eigenvalue weighted by molar-refractivity contribution is 0.323. The minimum absolute atomic E-state index is 1.06. The van der Waals surface area contributed by atoms with E-state index in [0.29, 0.717) is 0 Å². The number of benzene rings is 1. The molecule has 0 saturated heterocycles. The molecule has 0 unspecified atom stereocenters. The average Bonchev–Trinajstić information content (AvgIpc) is 2.32. The summed E-state index contributed by atoms with van der Waals surface area (Å²) < 4.78 is 0. The molecule has 0 atom stereocenters. The number of allylic oxidation sites excluding steroid dienone is 1. The summed E-state index contributed by atoms with van der Waals surface area (Å²) in [7, 11) is 0. The topological polar surface area (TPSA) is 3.24 Å². The number of fused-ring (bicyclic) bond motifs is 1. The minimum Gasteiger partial charge on any atom is -0.371 e. The molecular weight excluding hydrogens is 206 g/mol. The molecule has 0 N–H and O–H groups in total. The van der Waals surface area contributed by atoms with Crippen LogP contribution in [0.2, 0.25) is 0 Å². The van der Waals surface area contributed by atoms with E-state index in [-0.39, 0.29) is 0 Å². The molecule has 0 aliphatic carbocycles. The number of rotatable bonds is 3. The molecule has 0 spiro atoms. The van der Waals surface area contributed by atoms with Gasteiger partial charge in [-0.2, -0.15) is 0 Å². The fourth-order valence-electron chi connectivity index (χ4n) is 2.74. The zero-order chi connectivity index (χ0) is 12.4. The van der Waals surface area contributed by atoms with Crippen LogP contribution in [0.4, 0.5) is 0 Å². The molecular formula is C16H23N. The van der Waals surface area contributed by atoms with Gasteiger partial charge in [0.15, 0.2) is 0 Å². The highest BCUT2D eigenvalue weighted by molar-refractivity contribution is 5.42. The Kier molecular flexibility index (Phi) is 3.56. The van der Waals surface area contributed by atoms with E-state index in [4.69, 9.17) is 0 Å². The van der Waals surface area contributed by atoms with Crippen molar-refractivity contribution in [3.05, 3.63) is 46.7 Å². The van der Waals surface area contributed by atoms with Crippen LogP contribution in [0.3, 0.4) is 0 Å². The Morgan fingerprint density at radius 3 is 2.82 bits per heavy atom. The van der Waals surface area contributed by atoms with E-state index in [1.807, 2.05) is 0 Å². The number of aryl methyl sites for hydroxylation is 1. The SMILES string of the molecule is C=C(C)N1CCc2ccc(C)c(CCC)c2C1. The molecule has 1 aliphatic heterocycles. The van der Waals surface area contributed by atoms with Crippen LogP contribution >= 0.6 is 0 Å². The van der Waals surface area contributed by atoms with Gasteiger partial charge in [0.05, 0.1) is 0 Å². The molecule has 1 aromatic carbocycles. The molecule has 0 radical (unpaired) electrons. The molecule has 1 aliphatic rings. The van der Waals surface area contributed by atoms with Gasteiger partial charge in [-0.1, -0.05) is 32.1 Å². The van der Waals surface area contributed by atoms with Crippen LogP contribution in [0.1, 0.15) is 42.5 Å². The molecule has 0 aromatic heterocycles. The first-order valence-corrected chi connectivity index (χ1v) is 6.64. The fraction of sp³-hybridized carbons (Fsp3) is 0.500. The lowest BCUT2D eigenvalue weighted by Crippen LogP contribution is -2.29. The molecule has 1 heterocycles. The van der Waals surface area contributed by atoms with Crippen molar-refractivity contribution in [2.24, 2.45) is 0 Å². The van der Waals surface area contributed by atoms with Crippen molar-refractivity contribution >= 4 is 0 Å². The van der Waals surface area contributed by atoms with Crippen LogP contribution in [-0.2, 0) is 19.4 Å². The third-order valence-corrected chi connectivity index (χ3v) is 3.80. The minimum atomic E-state index is 1.06. The van der Waals surface area contributed by atoms with Crippen LogP contribution in [-0.4, -0.2) is 11.4 Å². The highest BCUT2D eigenvalue weighted by atomic mass is 15.1. The molecule has 0 saturated carbocycles. The third kappa shape index (κ3) is 2.38. The van der Waals surface area contributed by atoms with Gasteiger partial charge in [0.25, 0.3) is 0 Å². The van der Waals surface area contributed by atoms with Gasteiger partial charge in [-0.05, 0) is 48.9 Å². The number of nitrogens with zero attached hydrogens (tertiary/aromatic N) is 1. The molecule has 2 rings (SSSR count). The quantitative estimate of drug-likeness (QED) is 0.761. The number of hydrogen-bond donors (Lipinski definition) is 0. The van der Waals surface area contributed by atoms with Gasteiger partial charge in [-0.25, -0.2) is 0 Å². The van der Waals surface area contributed by atoms with Crippen molar-refractivity contribution in [1.29, 1.82) is 0 Å². The van der Waals surface area contributed by atoms with Crippen LogP contribution < -0.4 is 0 Å². The molecule has 1 heteroatoms. The first-order valence-electron chi connectivity index (χ1n) is 6.64. The summed E-state index contributed by atoms with van der Waals surface area (Å²) in [6.07, 6.45) is 3.60. The van der Waals surface area contributed by atoms with E-state index in [0.717, 1.165) is 13.1 Å². The van der Waals surface area contributed by atoms with Crippen LogP contribution in [0.25, 0.3) is 0 Å². The van der Waals surface area contributed by atoms with Gasteiger partial charge >= 0.3 is 0 Å². The second-order valence-electron chi connectivity index (χ2n) is 5.16. The van der Waals surface area contributed by atoms with E-state index >= 15 is 0 Å². The molecule has 0 amide bonds. The predicted molar refractivity (Wildman–Crippen MR) is 74.1 cm³/mol. The number of hydrogen-bond acceptors (Lipinski definition) is 1. The summed E-state index contributed by atoms with van der Waals surface area (Å²) in [4.78, 5) is 2.40. The fourth-order valence-corrected chi connectivity index (χ4v) is 2.74. The largest absolute Gasteiger partial charge is 0.371 e. The Balaban J connectivity index is 2.39. The molecule has 17 heavy (non-hydrogen) atoms. The van der Waals surface area contributed by atoms with Gasteiger partial charge in [-0.3, -0.25) is 0 Å². The molecule has 0 bridgehead atoms. The summed E-state index contributed by atoms with van der Waals surface area (Å²) in [5, 5.41) is 0. The lowest BCUT2D eigenvalue weighted by Gasteiger charge is -2.32.